The molecule has 0 saturated carbocycles. The fourth-order valence-electron chi connectivity index (χ4n) is 1.87. The highest BCUT2D eigenvalue weighted by molar-refractivity contribution is 7.85. The van der Waals surface area contributed by atoms with Crippen LogP contribution in [0.3, 0.4) is 0 Å². The number of hydrogen-bond acceptors (Lipinski definition) is 6. The van der Waals surface area contributed by atoms with Crippen molar-refractivity contribution in [2.24, 2.45) is 5.41 Å². The molecule has 25 heavy (non-hydrogen) atoms. The molecule has 1 rings (SSSR count). The zero-order valence-corrected chi connectivity index (χ0v) is 16.9. The number of carbonyl (C=O) groups is 1. The molecular formula is C16H25ClFN3O3S. The molecule has 0 amide bonds. The van der Waals surface area contributed by atoms with Crippen LogP contribution < -0.4 is 5.32 Å². The van der Waals surface area contributed by atoms with E-state index in [1.807, 2.05) is 20.8 Å². The van der Waals surface area contributed by atoms with Crippen molar-refractivity contribution in [3.05, 3.63) is 17.3 Å². The minimum absolute atomic E-state index is 0.0609. The van der Waals surface area contributed by atoms with Gasteiger partial charge in [0, 0.05) is 22.6 Å². The quantitative estimate of drug-likeness (QED) is 0.590. The molecular weight excluding hydrogens is 369 g/mol. The summed E-state index contributed by atoms with van der Waals surface area (Å²) in [5.74, 6) is -1.34. The van der Waals surface area contributed by atoms with Crippen LogP contribution in [-0.4, -0.2) is 43.3 Å². The van der Waals surface area contributed by atoms with Crippen LogP contribution >= 0.6 is 11.6 Å². The van der Waals surface area contributed by atoms with E-state index in [-0.39, 0.29) is 28.0 Å². The van der Waals surface area contributed by atoms with Crippen molar-refractivity contribution < 1.29 is 18.1 Å². The molecule has 0 spiro atoms. The van der Waals surface area contributed by atoms with Crippen LogP contribution in [0.4, 0.5) is 10.2 Å². The lowest BCUT2D eigenvalue weighted by molar-refractivity contribution is -0.151. The van der Waals surface area contributed by atoms with Crippen LogP contribution in [0.5, 0.6) is 0 Å². The number of carbonyl (C=O) groups excluding carboxylic acids is 1. The summed E-state index contributed by atoms with van der Waals surface area (Å²) in [6, 6.07) is -0.406. The second-order valence-electron chi connectivity index (χ2n) is 7.74. The van der Waals surface area contributed by atoms with Gasteiger partial charge in [0.2, 0.25) is 5.28 Å². The number of nitrogens with one attached hydrogen (secondary N) is 1. The molecule has 2 atom stereocenters. The Morgan fingerprint density at radius 1 is 1.36 bits per heavy atom. The minimum atomic E-state index is -1.48. The van der Waals surface area contributed by atoms with Crippen LogP contribution in [0, 0.1) is 11.2 Å². The summed E-state index contributed by atoms with van der Waals surface area (Å²) < 4.78 is 31.4. The van der Waals surface area contributed by atoms with E-state index in [9.17, 15) is 13.4 Å². The van der Waals surface area contributed by atoms with Crippen LogP contribution in [0.25, 0.3) is 0 Å². The molecule has 0 aliphatic rings. The SMILES string of the molecule is CC(C)(C)OC(=O)CS(=O)C[C@@H](Nc1nc(Cl)ncc1F)C(C)(C)C. The Bertz CT molecular complexity index is 644. The number of halogens is 2. The zero-order valence-electron chi connectivity index (χ0n) is 15.4. The lowest BCUT2D eigenvalue weighted by atomic mass is 9.88. The van der Waals surface area contributed by atoms with Gasteiger partial charge in [-0.05, 0) is 37.8 Å². The Kier molecular flexibility index (Phi) is 7.31. The normalized spacial score (nSPS) is 14.7. The molecule has 0 radical (unpaired) electrons. The number of nitrogens with zero attached hydrogens (tertiary/aromatic N) is 2. The molecule has 0 aliphatic carbocycles. The fraction of sp³-hybridized carbons (Fsp3) is 0.688. The summed E-state index contributed by atoms with van der Waals surface area (Å²) in [5.41, 5.74) is -1.00. The Morgan fingerprint density at radius 3 is 2.48 bits per heavy atom. The van der Waals surface area contributed by atoms with Crippen LogP contribution in [0.2, 0.25) is 5.28 Å². The van der Waals surface area contributed by atoms with Crippen molar-refractivity contribution in [1.82, 2.24) is 9.97 Å². The maximum absolute atomic E-state index is 13.9. The van der Waals surface area contributed by atoms with Gasteiger partial charge in [0.15, 0.2) is 11.6 Å². The summed E-state index contributed by atoms with van der Waals surface area (Å²) in [4.78, 5) is 19.2. The number of rotatable bonds is 6. The third kappa shape index (κ3) is 8.09. The van der Waals surface area contributed by atoms with E-state index >= 15 is 0 Å². The first kappa shape index (κ1) is 21.8. The van der Waals surface area contributed by atoms with Crippen molar-refractivity contribution >= 4 is 34.2 Å². The number of esters is 1. The molecule has 0 aliphatic heterocycles. The van der Waals surface area contributed by atoms with Crippen LogP contribution in [0.1, 0.15) is 41.5 Å². The monoisotopic (exact) mass is 393 g/mol. The van der Waals surface area contributed by atoms with Gasteiger partial charge in [-0.1, -0.05) is 20.8 Å². The maximum Gasteiger partial charge on any atom is 0.319 e. The van der Waals surface area contributed by atoms with Gasteiger partial charge >= 0.3 is 5.97 Å². The van der Waals surface area contributed by atoms with Crippen molar-refractivity contribution in [1.29, 1.82) is 0 Å². The molecule has 0 saturated heterocycles. The van der Waals surface area contributed by atoms with Gasteiger partial charge in [0.1, 0.15) is 11.4 Å². The van der Waals surface area contributed by atoms with Gasteiger partial charge in [-0.25, -0.2) is 9.37 Å². The van der Waals surface area contributed by atoms with E-state index < -0.39 is 34.2 Å². The lowest BCUT2D eigenvalue weighted by Crippen LogP contribution is -2.40. The number of hydrogen-bond donors (Lipinski definition) is 1. The largest absolute Gasteiger partial charge is 0.459 e. The topological polar surface area (TPSA) is 81.2 Å². The highest BCUT2D eigenvalue weighted by Gasteiger charge is 2.29. The third-order valence-electron chi connectivity index (χ3n) is 3.12. The summed E-state index contributed by atoms with van der Waals surface area (Å²) in [5, 5.41) is 2.83. The smallest absolute Gasteiger partial charge is 0.319 e. The maximum atomic E-state index is 13.9. The summed E-state index contributed by atoms with van der Waals surface area (Å²) >= 11 is 5.70. The molecule has 1 aromatic rings. The molecule has 1 aromatic heterocycles. The highest BCUT2D eigenvalue weighted by atomic mass is 35.5. The number of aromatic nitrogens is 2. The molecule has 1 heterocycles. The average Bonchev–Trinajstić information content (AvgIpc) is 2.38. The van der Waals surface area contributed by atoms with E-state index in [2.05, 4.69) is 15.3 Å². The van der Waals surface area contributed by atoms with Gasteiger partial charge in [-0.15, -0.1) is 0 Å². The molecule has 1 N–H and O–H groups in total. The fourth-order valence-corrected chi connectivity index (χ4v) is 3.40. The third-order valence-corrected chi connectivity index (χ3v) is 4.57. The van der Waals surface area contributed by atoms with E-state index in [0.29, 0.717) is 0 Å². The van der Waals surface area contributed by atoms with Gasteiger partial charge in [0.05, 0.1) is 6.20 Å². The highest BCUT2D eigenvalue weighted by Crippen LogP contribution is 2.25. The van der Waals surface area contributed by atoms with Crippen molar-refractivity contribution in [3.8, 4) is 0 Å². The first-order valence-corrected chi connectivity index (χ1v) is 9.66. The first-order chi connectivity index (χ1) is 11.3. The van der Waals surface area contributed by atoms with E-state index in [4.69, 9.17) is 16.3 Å². The van der Waals surface area contributed by atoms with Gasteiger partial charge < -0.3 is 10.1 Å². The van der Waals surface area contributed by atoms with Crippen molar-refractivity contribution in [2.45, 2.75) is 53.2 Å². The summed E-state index contributed by atoms with van der Waals surface area (Å²) in [6.07, 6.45) is 0.967. The Hall–Kier alpha value is -1.28. The van der Waals surface area contributed by atoms with E-state index in [1.54, 1.807) is 20.8 Å². The average molecular weight is 394 g/mol. The van der Waals surface area contributed by atoms with Crippen molar-refractivity contribution in [2.75, 3.05) is 16.8 Å². The minimum Gasteiger partial charge on any atom is -0.459 e. The van der Waals surface area contributed by atoms with Crippen LogP contribution in [0.15, 0.2) is 6.20 Å². The zero-order chi connectivity index (χ0) is 19.4. The molecule has 6 nitrogen and oxygen atoms in total. The lowest BCUT2D eigenvalue weighted by Gasteiger charge is -2.31. The van der Waals surface area contributed by atoms with Gasteiger partial charge in [-0.2, -0.15) is 4.98 Å². The Morgan fingerprint density at radius 2 is 1.96 bits per heavy atom. The second-order valence-corrected chi connectivity index (χ2v) is 9.58. The van der Waals surface area contributed by atoms with E-state index in [1.165, 1.54) is 0 Å². The Balaban J connectivity index is 2.82. The molecule has 0 aromatic carbocycles. The summed E-state index contributed by atoms with van der Waals surface area (Å²) in [6.45, 7) is 11.0. The Labute approximate surface area is 155 Å². The summed E-state index contributed by atoms with van der Waals surface area (Å²) in [7, 11) is -1.48. The number of anilines is 1. The second kappa shape index (κ2) is 8.40. The van der Waals surface area contributed by atoms with E-state index in [0.717, 1.165) is 6.20 Å². The predicted molar refractivity (Wildman–Crippen MR) is 97.6 cm³/mol. The molecule has 0 fully saturated rings. The first-order valence-electron chi connectivity index (χ1n) is 7.79. The standard InChI is InChI=1S/C16H25ClFN3O3S/c1-15(2,3)11(20-13-10(18)7-19-14(17)21-13)8-25(23)9-12(22)24-16(4,5)6/h7,11H,8-9H2,1-6H3,(H,19,20,21)/t11-,25?/m1/s1. The molecule has 9 heteroatoms. The predicted octanol–water partition coefficient (Wildman–Crippen LogP) is 3.19. The number of ether oxygens (including phenoxy) is 1. The van der Waals surface area contributed by atoms with Crippen molar-refractivity contribution in [3.63, 3.8) is 0 Å². The molecule has 1 unspecified atom stereocenters. The van der Waals surface area contributed by atoms with Gasteiger partial charge in [-0.3, -0.25) is 9.00 Å². The molecule has 0 bridgehead atoms. The molecule has 142 valence electrons. The van der Waals surface area contributed by atoms with Crippen LogP contribution in [-0.2, 0) is 20.3 Å². The van der Waals surface area contributed by atoms with Gasteiger partial charge in [0.25, 0.3) is 0 Å².